The Labute approximate surface area is 524 Å². The van der Waals surface area contributed by atoms with Gasteiger partial charge in [-0.1, -0.05) is 253 Å². The van der Waals surface area contributed by atoms with Gasteiger partial charge in [0.05, 0.1) is 10.8 Å². The fourth-order valence-corrected chi connectivity index (χ4v) is 16.5. The molecule has 3 nitrogen and oxygen atoms in total. The standard InChI is InChI=1S/C87H63NO2/c1-84(2,3)55-39-41-60(42-40-55)88(61-44-46-64-71(49-61)85(4,5)75-51-67(54-25-11-6-12-26-54)83-82(79(64)75)66-36-22-24-38-77(66)90-83)62-43-45-63-68-52-74-69(53-73(68)87(72(63)50-62,58-31-17-9-18-32-58)59-33-19-10-20-34-59)80-70(47-48-78-81(80)65-35-21-23-37-76(65)89-78)86(74,56-27-13-7-14-28-56)57-29-15-8-16-30-57/h6-53H,1-5H3. The monoisotopic (exact) mass is 1150 g/mol. The number of nitrogens with zero attached hydrogens (tertiary/aromatic N) is 1. The predicted molar refractivity (Wildman–Crippen MR) is 372 cm³/mol. The lowest BCUT2D eigenvalue weighted by atomic mass is 9.66. The van der Waals surface area contributed by atoms with Crippen LogP contribution in [-0.4, -0.2) is 0 Å². The number of para-hydroxylation sites is 2. The molecule has 15 aromatic rings. The molecule has 0 N–H and O–H groups in total. The van der Waals surface area contributed by atoms with E-state index in [2.05, 4.69) is 331 Å². The summed E-state index contributed by atoms with van der Waals surface area (Å²) in [5.74, 6) is 0. The highest BCUT2D eigenvalue weighted by Gasteiger charge is 2.52. The molecule has 3 heteroatoms. The van der Waals surface area contributed by atoms with Crippen LogP contribution in [0, 0.1) is 0 Å². The van der Waals surface area contributed by atoms with Crippen molar-refractivity contribution in [1.29, 1.82) is 0 Å². The molecule has 428 valence electrons. The van der Waals surface area contributed by atoms with E-state index in [1.807, 2.05) is 0 Å². The third-order valence-corrected chi connectivity index (χ3v) is 20.6. The molecule has 0 amide bonds. The molecule has 0 saturated carbocycles. The summed E-state index contributed by atoms with van der Waals surface area (Å²) in [6.07, 6.45) is 0. The van der Waals surface area contributed by atoms with Gasteiger partial charge in [0, 0.05) is 49.6 Å². The van der Waals surface area contributed by atoms with Crippen molar-refractivity contribution in [2.75, 3.05) is 4.90 Å². The summed E-state index contributed by atoms with van der Waals surface area (Å²) < 4.78 is 13.7. The van der Waals surface area contributed by atoms with E-state index in [-0.39, 0.29) is 10.8 Å². The lowest BCUT2D eigenvalue weighted by Gasteiger charge is -2.36. The maximum atomic E-state index is 6.90. The van der Waals surface area contributed by atoms with Crippen LogP contribution in [0.4, 0.5) is 17.1 Å². The highest BCUT2D eigenvalue weighted by Crippen LogP contribution is 2.65. The second kappa shape index (κ2) is 19.1. The van der Waals surface area contributed by atoms with Gasteiger partial charge in [0.25, 0.3) is 0 Å². The number of furan rings is 2. The third kappa shape index (κ3) is 7.17. The van der Waals surface area contributed by atoms with Crippen molar-refractivity contribution >= 4 is 60.9 Å². The summed E-state index contributed by atoms with van der Waals surface area (Å²) in [6.45, 7) is 11.7. The van der Waals surface area contributed by atoms with E-state index in [4.69, 9.17) is 8.83 Å². The van der Waals surface area contributed by atoms with Crippen LogP contribution in [0.3, 0.4) is 0 Å². The van der Waals surface area contributed by atoms with Crippen molar-refractivity contribution in [3.05, 3.63) is 352 Å². The fraction of sp³-hybridized carbons (Fsp3) is 0.103. The predicted octanol–water partition coefficient (Wildman–Crippen LogP) is 23.0. The third-order valence-electron chi connectivity index (χ3n) is 20.6. The molecule has 0 bridgehead atoms. The highest BCUT2D eigenvalue weighted by atomic mass is 16.3. The first-order valence-corrected chi connectivity index (χ1v) is 31.6. The van der Waals surface area contributed by atoms with Gasteiger partial charge in [-0.25, -0.2) is 0 Å². The summed E-state index contributed by atoms with van der Waals surface area (Å²) in [7, 11) is 0. The van der Waals surface area contributed by atoms with Crippen LogP contribution in [0.5, 0.6) is 0 Å². The first-order valence-electron chi connectivity index (χ1n) is 31.6. The van der Waals surface area contributed by atoms with Crippen LogP contribution in [-0.2, 0) is 21.7 Å². The smallest absolute Gasteiger partial charge is 0.143 e. The Bertz CT molecular complexity index is 5320. The second-order valence-electron chi connectivity index (χ2n) is 26.6. The van der Waals surface area contributed by atoms with Gasteiger partial charge in [-0.3, -0.25) is 0 Å². The molecular weight excluding hydrogens is 1090 g/mol. The largest absolute Gasteiger partial charge is 0.456 e. The van der Waals surface area contributed by atoms with Crippen LogP contribution in [0.2, 0.25) is 0 Å². The van der Waals surface area contributed by atoms with Crippen LogP contribution >= 0.6 is 0 Å². The minimum atomic E-state index is -0.756. The van der Waals surface area contributed by atoms with E-state index in [1.165, 1.54) is 100.0 Å². The Morgan fingerprint density at radius 2 is 0.756 bits per heavy atom. The molecule has 2 heterocycles. The maximum Gasteiger partial charge on any atom is 0.143 e. The van der Waals surface area contributed by atoms with E-state index >= 15 is 0 Å². The Morgan fingerprint density at radius 3 is 1.34 bits per heavy atom. The van der Waals surface area contributed by atoms with Crippen molar-refractivity contribution in [2.45, 2.75) is 56.3 Å². The van der Waals surface area contributed by atoms with Crippen molar-refractivity contribution in [3.8, 4) is 44.5 Å². The normalized spacial score (nSPS) is 14.5. The minimum Gasteiger partial charge on any atom is -0.456 e. The Hall–Kier alpha value is -10.7. The Morgan fingerprint density at radius 1 is 0.311 bits per heavy atom. The highest BCUT2D eigenvalue weighted by molar-refractivity contribution is 6.19. The lowest BCUT2D eigenvalue weighted by molar-refractivity contribution is 0.590. The summed E-state index contributed by atoms with van der Waals surface area (Å²) in [5.41, 5.74) is 28.4. The van der Waals surface area contributed by atoms with E-state index in [1.54, 1.807) is 0 Å². The van der Waals surface area contributed by atoms with E-state index in [9.17, 15) is 0 Å². The van der Waals surface area contributed by atoms with Crippen molar-refractivity contribution < 1.29 is 8.83 Å². The first-order chi connectivity index (χ1) is 44.0. The van der Waals surface area contributed by atoms with Crippen LogP contribution in [0.1, 0.15) is 95.8 Å². The number of hydrogen-bond donors (Lipinski definition) is 0. The molecule has 18 rings (SSSR count). The Balaban J connectivity index is 0.911. The number of hydrogen-bond acceptors (Lipinski definition) is 3. The molecule has 3 aliphatic rings. The molecule has 0 spiro atoms. The Kier molecular flexibility index (Phi) is 11.1. The van der Waals surface area contributed by atoms with Crippen LogP contribution in [0.25, 0.3) is 88.4 Å². The molecule has 0 radical (unpaired) electrons. The summed E-state index contributed by atoms with van der Waals surface area (Å²) in [4.78, 5) is 2.51. The molecule has 0 unspecified atom stereocenters. The molecule has 0 atom stereocenters. The zero-order valence-electron chi connectivity index (χ0n) is 51.0. The summed E-state index contributed by atoms with van der Waals surface area (Å²) >= 11 is 0. The van der Waals surface area contributed by atoms with Crippen LogP contribution in [0.15, 0.2) is 300 Å². The lowest BCUT2D eigenvalue weighted by Crippen LogP contribution is -2.30. The van der Waals surface area contributed by atoms with Crippen LogP contribution < -0.4 is 4.90 Å². The van der Waals surface area contributed by atoms with E-state index in [0.29, 0.717) is 0 Å². The van der Waals surface area contributed by atoms with E-state index < -0.39 is 10.8 Å². The first kappa shape index (κ1) is 52.4. The summed E-state index contributed by atoms with van der Waals surface area (Å²) in [5, 5.41) is 4.58. The van der Waals surface area contributed by atoms with Crippen molar-refractivity contribution in [2.24, 2.45) is 0 Å². The zero-order valence-corrected chi connectivity index (χ0v) is 51.0. The fourth-order valence-electron chi connectivity index (χ4n) is 16.5. The molecule has 3 aliphatic carbocycles. The van der Waals surface area contributed by atoms with Gasteiger partial charge < -0.3 is 13.7 Å². The van der Waals surface area contributed by atoms with Gasteiger partial charge in [-0.15, -0.1) is 0 Å². The van der Waals surface area contributed by atoms with Gasteiger partial charge in [0.1, 0.15) is 22.3 Å². The number of rotatable bonds is 8. The zero-order chi connectivity index (χ0) is 60.3. The molecule has 13 aromatic carbocycles. The van der Waals surface area contributed by atoms with Crippen molar-refractivity contribution in [1.82, 2.24) is 0 Å². The SMILES string of the molecule is CC(C)(C)c1ccc(N(c2ccc3c(c2)C(C)(C)c2cc(-c4ccccc4)c4oc5ccccc5c4c2-3)c2ccc3c(c2)C(c2ccccc2)(c2ccccc2)c2cc4c(cc2-3)C(c2ccccc2)(c2ccccc2)c2ccc3oc5ccccc5c3c2-4)cc1. The van der Waals surface area contributed by atoms with Gasteiger partial charge in [-0.05, 0) is 178 Å². The molecule has 90 heavy (non-hydrogen) atoms. The molecular formula is C87H63NO2. The molecule has 2 aromatic heterocycles. The average Bonchev–Trinajstić information content (AvgIpc) is 1.51. The number of fused-ring (bicyclic) bond motifs is 17. The number of anilines is 3. The van der Waals surface area contributed by atoms with Gasteiger partial charge in [0.15, 0.2) is 0 Å². The van der Waals surface area contributed by atoms with Gasteiger partial charge in [0.2, 0.25) is 0 Å². The van der Waals surface area contributed by atoms with E-state index in [0.717, 1.165) is 66.7 Å². The maximum absolute atomic E-state index is 6.90. The molecule has 0 saturated heterocycles. The molecule has 0 aliphatic heterocycles. The number of benzene rings is 13. The van der Waals surface area contributed by atoms with Gasteiger partial charge >= 0.3 is 0 Å². The topological polar surface area (TPSA) is 29.5 Å². The van der Waals surface area contributed by atoms with Gasteiger partial charge in [-0.2, -0.15) is 0 Å². The second-order valence-corrected chi connectivity index (χ2v) is 26.6. The molecule has 0 fully saturated rings. The summed E-state index contributed by atoms with van der Waals surface area (Å²) in [6, 6.07) is 109. The minimum absolute atomic E-state index is 0.0336. The quantitative estimate of drug-likeness (QED) is 0.152. The average molecular weight is 1150 g/mol. The van der Waals surface area contributed by atoms with Crippen molar-refractivity contribution in [3.63, 3.8) is 0 Å².